The van der Waals surface area contributed by atoms with Crippen molar-refractivity contribution < 1.29 is 14.9 Å². The zero-order valence-corrected chi connectivity index (χ0v) is 6.62. The molecule has 1 rings (SSSR count). The highest BCUT2D eigenvalue weighted by molar-refractivity contribution is 7.07. The van der Waals surface area contributed by atoms with Crippen LogP contribution in [0.5, 0.6) is 5.88 Å². The molecule has 0 aliphatic rings. The summed E-state index contributed by atoms with van der Waals surface area (Å²) in [5.41, 5.74) is 1.64. The van der Waals surface area contributed by atoms with Gasteiger partial charge in [-0.05, 0) is 0 Å². The smallest absolute Gasteiger partial charge is 0.224 e. The SMILES string of the molecule is OCC(O)COc1cscn1. The van der Waals surface area contributed by atoms with Gasteiger partial charge in [0.2, 0.25) is 5.88 Å². The average Bonchev–Trinajstić information content (AvgIpc) is 2.52. The van der Waals surface area contributed by atoms with Gasteiger partial charge < -0.3 is 14.9 Å². The van der Waals surface area contributed by atoms with E-state index in [0.29, 0.717) is 5.88 Å². The van der Waals surface area contributed by atoms with E-state index in [4.69, 9.17) is 14.9 Å². The van der Waals surface area contributed by atoms with Gasteiger partial charge in [0.25, 0.3) is 0 Å². The largest absolute Gasteiger partial charge is 0.474 e. The van der Waals surface area contributed by atoms with Gasteiger partial charge in [0.15, 0.2) is 0 Å². The fourth-order valence-corrected chi connectivity index (χ4v) is 0.978. The number of nitrogens with zero attached hydrogens (tertiary/aromatic N) is 1. The third kappa shape index (κ3) is 2.83. The van der Waals surface area contributed by atoms with E-state index in [2.05, 4.69) is 4.98 Å². The normalized spacial score (nSPS) is 12.9. The van der Waals surface area contributed by atoms with Crippen LogP contribution in [0.25, 0.3) is 0 Å². The second-order valence-corrected chi connectivity index (χ2v) is 2.69. The van der Waals surface area contributed by atoms with Crippen LogP contribution in [0.15, 0.2) is 10.9 Å². The molecule has 11 heavy (non-hydrogen) atoms. The molecule has 0 amide bonds. The van der Waals surface area contributed by atoms with Crippen LogP contribution in [0.1, 0.15) is 0 Å². The molecule has 0 aliphatic heterocycles. The lowest BCUT2D eigenvalue weighted by molar-refractivity contribution is 0.0523. The molecule has 0 spiro atoms. The molecule has 5 heteroatoms. The summed E-state index contributed by atoms with van der Waals surface area (Å²) in [4.78, 5) is 3.83. The predicted octanol–water partition coefficient (Wildman–Crippen LogP) is -0.125. The summed E-state index contributed by atoms with van der Waals surface area (Å²) in [6, 6.07) is 0. The molecule has 0 saturated carbocycles. The van der Waals surface area contributed by atoms with Gasteiger partial charge in [-0.1, -0.05) is 0 Å². The predicted molar refractivity (Wildman–Crippen MR) is 40.7 cm³/mol. The third-order valence-electron chi connectivity index (χ3n) is 1.04. The van der Waals surface area contributed by atoms with Gasteiger partial charge in [0, 0.05) is 0 Å². The first-order chi connectivity index (χ1) is 5.33. The molecule has 1 aromatic rings. The number of hydrogen-bond donors (Lipinski definition) is 2. The van der Waals surface area contributed by atoms with Crippen molar-refractivity contribution in [2.75, 3.05) is 13.2 Å². The van der Waals surface area contributed by atoms with Crippen molar-refractivity contribution in [2.45, 2.75) is 6.10 Å². The minimum absolute atomic E-state index is 0.0836. The summed E-state index contributed by atoms with van der Waals surface area (Å²) in [5.74, 6) is 0.488. The van der Waals surface area contributed by atoms with E-state index in [9.17, 15) is 0 Å². The molecule has 2 N–H and O–H groups in total. The summed E-state index contributed by atoms with van der Waals surface area (Å²) in [6.07, 6.45) is -0.823. The summed E-state index contributed by atoms with van der Waals surface area (Å²) in [7, 11) is 0. The maximum absolute atomic E-state index is 8.86. The highest BCUT2D eigenvalue weighted by atomic mass is 32.1. The Morgan fingerprint density at radius 2 is 2.55 bits per heavy atom. The fraction of sp³-hybridized carbons (Fsp3) is 0.500. The van der Waals surface area contributed by atoms with Crippen molar-refractivity contribution in [1.82, 2.24) is 4.98 Å². The Kier molecular flexibility index (Phi) is 3.28. The summed E-state index contributed by atoms with van der Waals surface area (Å²) in [5, 5.41) is 19.0. The van der Waals surface area contributed by atoms with Gasteiger partial charge >= 0.3 is 0 Å². The monoisotopic (exact) mass is 175 g/mol. The summed E-state index contributed by atoms with van der Waals surface area (Å²) >= 11 is 1.42. The van der Waals surface area contributed by atoms with Crippen molar-refractivity contribution >= 4 is 11.3 Å². The van der Waals surface area contributed by atoms with Crippen LogP contribution >= 0.6 is 11.3 Å². The lowest BCUT2D eigenvalue weighted by atomic mass is 10.4. The molecule has 1 aromatic heterocycles. The number of aliphatic hydroxyl groups excluding tert-OH is 2. The molecule has 0 bridgehead atoms. The van der Waals surface area contributed by atoms with E-state index in [1.165, 1.54) is 11.3 Å². The summed E-state index contributed by atoms with van der Waals surface area (Å²) < 4.78 is 4.99. The first-order valence-electron chi connectivity index (χ1n) is 3.13. The molecule has 62 valence electrons. The van der Waals surface area contributed by atoms with Gasteiger partial charge in [0.05, 0.1) is 17.5 Å². The number of ether oxygens (including phenoxy) is 1. The van der Waals surface area contributed by atoms with Gasteiger partial charge in [-0.25, -0.2) is 4.98 Å². The third-order valence-corrected chi connectivity index (χ3v) is 1.61. The topological polar surface area (TPSA) is 62.6 Å². The summed E-state index contributed by atoms with van der Waals surface area (Å²) in [6.45, 7) is -0.204. The molecule has 1 heterocycles. The molecule has 0 aliphatic carbocycles. The van der Waals surface area contributed by atoms with E-state index in [1.807, 2.05) is 0 Å². The molecule has 0 fully saturated rings. The van der Waals surface area contributed by atoms with Gasteiger partial charge in [0.1, 0.15) is 12.7 Å². The van der Waals surface area contributed by atoms with E-state index in [0.717, 1.165) is 0 Å². The standard InChI is InChI=1S/C6H9NO3S/c8-1-5(9)2-10-6-3-11-4-7-6/h3-5,8-9H,1-2H2. The molecule has 0 radical (unpaired) electrons. The number of thiazole rings is 1. The van der Waals surface area contributed by atoms with Crippen LogP contribution in [0, 0.1) is 0 Å². The zero-order chi connectivity index (χ0) is 8.10. The number of rotatable bonds is 4. The highest BCUT2D eigenvalue weighted by Gasteiger charge is 2.02. The van der Waals surface area contributed by atoms with E-state index < -0.39 is 6.10 Å². The average molecular weight is 175 g/mol. The Morgan fingerprint density at radius 1 is 1.73 bits per heavy atom. The Hall–Kier alpha value is -0.650. The second-order valence-electron chi connectivity index (χ2n) is 1.97. The number of aromatic nitrogens is 1. The van der Waals surface area contributed by atoms with Crippen LogP contribution < -0.4 is 4.74 Å². The van der Waals surface area contributed by atoms with Gasteiger partial charge in [-0.3, -0.25) is 0 Å². The number of aliphatic hydroxyl groups is 2. The van der Waals surface area contributed by atoms with Crippen LogP contribution in [0.3, 0.4) is 0 Å². The van der Waals surface area contributed by atoms with Crippen LogP contribution in [-0.4, -0.2) is 34.5 Å². The highest BCUT2D eigenvalue weighted by Crippen LogP contribution is 2.09. The first kappa shape index (κ1) is 8.45. The van der Waals surface area contributed by atoms with Crippen molar-refractivity contribution in [1.29, 1.82) is 0 Å². The lowest BCUT2D eigenvalue weighted by Gasteiger charge is -2.06. The fourth-order valence-electron chi connectivity index (χ4n) is 0.507. The van der Waals surface area contributed by atoms with E-state index in [-0.39, 0.29) is 13.2 Å². The van der Waals surface area contributed by atoms with E-state index in [1.54, 1.807) is 10.9 Å². The molecule has 0 saturated heterocycles. The molecule has 1 unspecified atom stereocenters. The first-order valence-corrected chi connectivity index (χ1v) is 4.07. The molecular formula is C6H9NO3S. The zero-order valence-electron chi connectivity index (χ0n) is 5.80. The van der Waals surface area contributed by atoms with Crippen LogP contribution in [-0.2, 0) is 0 Å². The molecule has 0 aromatic carbocycles. The molecule has 1 atom stereocenters. The number of hydrogen-bond acceptors (Lipinski definition) is 5. The van der Waals surface area contributed by atoms with Crippen molar-refractivity contribution in [3.8, 4) is 5.88 Å². The Balaban J connectivity index is 2.23. The van der Waals surface area contributed by atoms with Crippen molar-refractivity contribution in [2.24, 2.45) is 0 Å². The quantitative estimate of drug-likeness (QED) is 0.669. The van der Waals surface area contributed by atoms with Crippen LogP contribution in [0.4, 0.5) is 0 Å². The van der Waals surface area contributed by atoms with Crippen LogP contribution in [0.2, 0.25) is 0 Å². The Bertz CT molecular complexity index is 190. The molecule has 4 nitrogen and oxygen atoms in total. The maximum Gasteiger partial charge on any atom is 0.224 e. The lowest BCUT2D eigenvalue weighted by Crippen LogP contribution is -2.21. The Morgan fingerprint density at radius 3 is 3.09 bits per heavy atom. The second kappa shape index (κ2) is 4.27. The Labute approximate surface area is 68.1 Å². The van der Waals surface area contributed by atoms with Gasteiger partial charge in [-0.2, -0.15) is 0 Å². The van der Waals surface area contributed by atoms with Gasteiger partial charge in [-0.15, -0.1) is 11.3 Å². The van der Waals surface area contributed by atoms with Crippen molar-refractivity contribution in [3.05, 3.63) is 10.9 Å². The van der Waals surface area contributed by atoms with E-state index >= 15 is 0 Å². The van der Waals surface area contributed by atoms with Crippen molar-refractivity contribution in [3.63, 3.8) is 0 Å². The minimum Gasteiger partial charge on any atom is -0.474 e. The molecular weight excluding hydrogens is 166 g/mol. The minimum atomic E-state index is -0.823. The maximum atomic E-state index is 8.86.